The first-order valence-electron chi connectivity index (χ1n) is 6.21. The number of hydrogen-bond donors (Lipinski definition) is 0. The van der Waals surface area contributed by atoms with Gasteiger partial charge in [0.25, 0.3) is 0 Å². The standard InChI is InChI=1S/C13H19NO4S/c1-10-8-12(17-3)4-5-13(10)19(15,16)14-6-7-18-9-11(14)2/h4-5,8,11H,6-7,9H2,1-3H3. The fourth-order valence-corrected chi connectivity index (χ4v) is 4.04. The van der Waals surface area contributed by atoms with Gasteiger partial charge in [0.1, 0.15) is 5.75 Å². The Morgan fingerprint density at radius 2 is 2.16 bits per heavy atom. The Labute approximate surface area is 114 Å². The Morgan fingerprint density at radius 3 is 2.74 bits per heavy atom. The van der Waals surface area contributed by atoms with E-state index in [1.165, 1.54) is 4.31 Å². The second kappa shape index (κ2) is 5.48. The highest BCUT2D eigenvalue weighted by molar-refractivity contribution is 7.89. The number of aryl methyl sites for hydroxylation is 1. The molecule has 1 fully saturated rings. The molecule has 0 N–H and O–H groups in total. The van der Waals surface area contributed by atoms with Crippen LogP contribution in [0.15, 0.2) is 23.1 Å². The highest BCUT2D eigenvalue weighted by Crippen LogP contribution is 2.26. The Balaban J connectivity index is 2.38. The number of ether oxygens (including phenoxy) is 2. The lowest BCUT2D eigenvalue weighted by atomic mass is 10.2. The van der Waals surface area contributed by atoms with E-state index in [0.717, 1.165) is 0 Å². The van der Waals surface area contributed by atoms with E-state index in [0.29, 0.717) is 36.0 Å². The summed E-state index contributed by atoms with van der Waals surface area (Å²) < 4.78 is 37.2. The minimum Gasteiger partial charge on any atom is -0.497 e. The molecule has 1 aliphatic heterocycles. The van der Waals surface area contributed by atoms with Crippen LogP contribution in [0, 0.1) is 6.92 Å². The lowest BCUT2D eigenvalue weighted by molar-refractivity contribution is 0.0392. The van der Waals surface area contributed by atoms with Gasteiger partial charge < -0.3 is 9.47 Å². The zero-order valence-corrected chi connectivity index (χ0v) is 12.2. The van der Waals surface area contributed by atoms with Gasteiger partial charge in [-0.2, -0.15) is 4.31 Å². The van der Waals surface area contributed by atoms with Gasteiger partial charge in [-0.3, -0.25) is 0 Å². The zero-order valence-electron chi connectivity index (χ0n) is 11.4. The van der Waals surface area contributed by atoms with E-state index in [2.05, 4.69) is 0 Å². The van der Waals surface area contributed by atoms with Crippen LogP contribution in [0.25, 0.3) is 0 Å². The largest absolute Gasteiger partial charge is 0.497 e. The third kappa shape index (κ3) is 2.75. The Kier molecular flexibility index (Phi) is 4.13. The Morgan fingerprint density at radius 1 is 1.42 bits per heavy atom. The minimum atomic E-state index is -3.47. The van der Waals surface area contributed by atoms with E-state index in [1.807, 2.05) is 6.92 Å². The van der Waals surface area contributed by atoms with E-state index in [4.69, 9.17) is 9.47 Å². The smallest absolute Gasteiger partial charge is 0.243 e. The molecule has 0 spiro atoms. The van der Waals surface area contributed by atoms with E-state index in [-0.39, 0.29) is 6.04 Å². The first kappa shape index (κ1) is 14.3. The maximum absolute atomic E-state index is 12.6. The van der Waals surface area contributed by atoms with Crippen LogP contribution in [0.4, 0.5) is 0 Å². The molecule has 6 heteroatoms. The number of morpholine rings is 1. The number of nitrogens with zero attached hydrogens (tertiary/aromatic N) is 1. The average Bonchev–Trinajstić information content (AvgIpc) is 2.38. The van der Waals surface area contributed by atoms with Gasteiger partial charge in [0, 0.05) is 12.6 Å². The first-order chi connectivity index (χ1) is 8.96. The minimum absolute atomic E-state index is 0.139. The van der Waals surface area contributed by atoms with Crippen LogP contribution in [-0.4, -0.2) is 45.6 Å². The molecule has 106 valence electrons. The number of sulfonamides is 1. The summed E-state index contributed by atoms with van der Waals surface area (Å²) in [6, 6.07) is 4.87. The summed E-state index contributed by atoms with van der Waals surface area (Å²) in [6.07, 6.45) is 0. The van der Waals surface area contributed by atoms with Crippen LogP contribution in [0.1, 0.15) is 12.5 Å². The highest BCUT2D eigenvalue weighted by Gasteiger charge is 2.32. The van der Waals surface area contributed by atoms with Crippen molar-refractivity contribution in [1.29, 1.82) is 0 Å². The van der Waals surface area contributed by atoms with Crippen molar-refractivity contribution in [3.63, 3.8) is 0 Å². The summed E-state index contributed by atoms with van der Waals surface area (Å²) in [5.74, 6) is 0.659. The summed E-state index contributed by atoms with van der Waals surface area (Å²) in [6.45, 7) is 4.91. The number of benzene rings is 1. The maximum atomic E-state index is 12.6. The second-order valence-electron chi connectivity index (χ2n) is 4.67. The molecule has 0 amide bonds. The van der Waals surface area contributed by atoms with Crippen LogP contribution >= 0.6 is 0 Å². The highest BCUT2D eigenvalue weighted by atomic mass is 32.2. The summed E-state index contributed by atoms with van der Waals surface area (Å²) >= 11 is 0. The van der Waals surface area contributed by atoms with Gasteiger partial charge in [-0.25, -0.2) is 8.42 Å². The maximum Gasteiger partial charge on any atom is 0.243 e. The monoisotopic (exact) mass is 285 g/mol. The molecule has 1 aliphatic rings. The molecular weight excluding hydrogens is 266 g/mol. The molecular formula is C13H19NO4S. The van der Waals surface area contributed by atoms with E-state index in [1.54, 1.807) is 32.2 Å². The topological polar surface area (TPSA) is 55.8 Å². The molecule has 1 heterocycles. The predicted octanol–water partition coefficient (Wildman–Crippen LogP) is 1.41. The van der Waals surface area contributed by atoms with Gasteiger partial charge >= 0.3 is 0 Å². The van der Waals surface area contributed by atoms with Crippen LogP contribution < -0.4 is 4.74 Å². The molecule has 0 bridgehead atoms. The third-order valence-corrected chi connectivity index (χ3v) is 5.45. The SMILES string of the molecule is COc1ccc(S(=O)(=O)N2CCOCC2C)c(C)c1. The normalized spacial score (nSPS) is 21.3. The van der Waals surface area contributed by atoms with Crippen molar-refractivity contribution in [1.82, 2.24) is 4.31 Å². The number of methoxy groups -OCH3 is 1. The summed E-state index contributed by atoms with van der Waals surface area (Å²) in [4.78, 5) is 0.335. The molecule has 1 unspecified atom stereocenters. The summed E-state index contributed by atoms with van der Waals surface area (Å²) in [7, 11) is -1.91. The molecule has 0 aliphatic carbocycles. The van der Waals surface area contributed by atoms with Crippen molar-refractivity contribution in [3.05, 3.63) is 23.8 Å². The van der Waals surface area contributed by atoms with Gasteiger partial charge in [0.15, 0.2) is 0 Å². The van der Waals surface area contributed by atoms with Gasteiger partial charge in [-0.1, -0.05) is 0 Å². The fraction of sp³-hybridized carbons (Fsp3) is 0.538. The third-order valence-electron chi connectivity index (χ3n) is 3.28. The van der Waals surface area contributed by atoms with Crippen LogP contribution in [-0.2, 0) is 14.8 Å². The lowest BCUT2D eigenvalue weighted by Gasteiger charge is -2.32. The summed E-state index contributed by atoms with van der Waals surface area (Å²) in [5.41, 5.74) is 0.693. The Bertz CT molecular complexity index is 556. The van der Waals surface area contributed by atoms with E-state index < -0.39 is 10.0 Å². The number of rotatable bonds is 3. The Hall–Kier alpha value is -1.11. The second-order valence-corrected chi connectivity index (χ2v) is 6.53. The molecule has 1 saturated heterocycles. The molecule has 2 rings (SSSR count). The molecule has 1 aromatic rings. The van der Waals surface area contributed by atoms with E-state index >= 15 is 0 Å². The van der Waals surface area contributed by atoms with Gasteiger partial charge in [-0.15, -0.1) is 0 Å². The van der Waals surface area contributed by atoms with Gasteiger partial charge in [0.05, 0.1) is 25.2 Å². The quantitative estimate of drug-likeness (QED) is 0.842. The molecule has 0 saturated carbocycles. The predicted molar refractivity (Wildman–Crippen MR) is 71.9 cm³/mol. The van der Waals surface area contributed by atoms with Crippen molar-refractivity contribution in [2.75, 3.05) is 26.9 Å². The first-order valence-corrected chi connectivity index (χ1v) is 7.65. The van der Waals surface area contributed by atoms with E-state index in [9.17, 15) is 8.42 Å². The van der Waals surface area contributed by atoms with Crippen LogP contribution in [0.3, 0.4) is 0 Å². The zero-order chi connectivity index (χ0) is 14.0. The van der Waals surface area contributed by atoms with Crippen molar-refractivity contribution in [2.24, 2.45) is 0 Å². The number of hydrogen-bond acceptors (Lipinski definition) is 4. The molecule has 0 aromatic heterocycles. The molecule has 0 radical (unpaired) electrons. The van der Waals surface area contributed by atoms with Crippen molar-refractivity contribution in [2.45, 2.75) is 24.8 Å². The van der Waals surface area contributed by atoms with Crippen molar-refractivity contribution < 1.29 is 17.9 Å². The van der Waals surface area contributed by atoms with Crippen LogP contribution in [0.5, 0.6) is 5.75 Å². The molecule has 1 atom stereocenters. The van der Waals surface area contributed by atoms with Crippen molar-refractivity contribution in [3.8, 4) is 5.75 Å². The molecule has 1 aromatic carbocycles. The summed E-state index contributed by atoms with van der Waals surface area (Å²) in [5, 5.41) is 0. The molecule has 5 nitrogen and oxygen atoms in total. The van der Waals surface area contributed by atoms with Gasteiger partial charge in [0.2, 0.25) is 10.0 Å². The van der Waals surface area contributed by atoms with Crippen molar-refractivity contribution >= 4 is 10.0 Å². The fourth-order valence-electron chi connectivity index (χ4n) is 2.23. The molecule has 19 heavy (non-hydrogen) atoms. The van der Waals surface area contributed by atoms with Gasteiger partial charge in [-0.05, 0) is 37.6 Å². The van der Waals surface area contributed by atoms with Crippen LogP contribution in [0.2, 0.25) is 0 Å². The lowest BCUT2D eigenvalue weighted by Crippen LogP contribution is -2.47. The average molecular weight is 285 g/mol.